The summed E-state index contributed by atoms with van der Waals surface area (Å²) in [4.78, 5) is 20.6. The second-order valence-electron chi connectivity index (χ2n) is 8.68. The minimum absolute atomic E-state index is 0. The van der Waals surface area contributed by atoms with Gasteiger partial charge in [-0.1, -0.05) is 32.8 Å². The molecule has 0 saturated carbocycles. The van der Waals surface area contributed by atoms with Crippen LogP contribution in [0.25, 0.3) is 22.4 Å². The Bertz CT molecular complexity index is 1360. The number of fused-ring (bicyclic) bond motifs is 1. The van der Waals surface area contributed by atoms with Crippen molar-refractivity contribution < 1.29 is 38.1 Å². The molecule has 4 rings (SSSR count). The predicted octanol–water partition coefficient (Wildman–Crippen LogP) is 2.27. The van der Waals surface area contributed by atoms with Crippen molar-refractivity contribution in [2.75, 3.05) is 26.3 Å². The SMILES string of the molecule is CCCc1nn(C)c2c(=O)[nH]c(-c3cc(S(=O)(=O)N4CCC([CH-]CO)CC4)ccc3OCC)nc12.[Os+]. The summed E-state index contributed by atoms with van der Waals surface area (Å²) in [6, 6.07) is 4.66. The maximum atomic E-state index is 13.4. The van der Waals surface area contributed by atoms with Crippen molar-refractivity contribution in [2.45, 2.75) is 44.4 Å². The summed E-state index contributed by atoms with van der Waals surface area (Å²) in [5.41, 5.74) is 1.66. The second-order valence-corrected chi connectivity index (χ2v) is 10.6. The standard InChI is InChI=1S/C24H32N5O5S.Os/c1-4-6-19-21-22(28(3)27-19)24(31)26-23(25-21)18-15-17(7-8-20(18)34-5-2)35(32,33)29-12-9-16(10-13-29)11-14-30;/h7-8,11,15-16,30H,4-6,9-10,12-14H2,1-3H3,(H,25,26,31);/q-1;+1. The summed E-state index contributed by atoms with van der Waals surface area (Å²) in [6.45, 7) is 4.98. The van der Waals surface area contributed by atoms with E-state index in [1.807, 2.05) is 20.3 Å². The molecule has 1 radical (unpaired) electrons. The Morgan fingerprint density at radius 1 is 1.25 bits per heavy atom. The number of H-pyrrole nitrogens is 1. The first-order valence-corrected chi connectivity index (χ1v) is 13.4. The van der Waals surface area contributed by atoms with E-state index in [4.69, 9.17) is 14.8 Å². The molecule has 10 nitrogen and oxygen atoms in total. The first-order valence-electron chi connectivity index (χ1n) is 12.0. The maximum absolute atomic E-state index is 13.4. The van der Waals surface area contributed by atoms with Crippen molar-refractivity contribution in [1.82, 2.24) is 24.1 Å². The number of piperidine rings is 1. The number of nitrogens with zero attached hydrogens (tertiary/aromatic N) is 4. The molecule has 0 amide bonds. The van der Waals surface area contributed by atoms with Gasteiger partial charge in [-0.25, -0.2) is 13.4 Å². The summed E-state index contributed by atoms with van der Waals surface area (Å²) < 4.78 is 35.6. The Hall–Kier alpha value is -2.12. The van der Waals surface area contributed by atoms with Gasteiger partial charge in [0.25, 0.3) is 5.56 Å². The van der Waals surface area contributed by atoms with Crippen LogP contribution in [0.5, 0.6) is 5.75 Å². The summed E-state index contributed by atoms with van der Waals surface area (Å²) in [7, 11) is -2.06. The van der Waals surface area contributed by atoms with Crippen LogP contribution in [0.15, 0.2) is 27.9 Å². The van der Waals surface area contributed by atoms with Gasteiger partial charge in [0, 0.05) is 20.1 Å². The van der Waals surface area contributed by atoms with Crippen molar-refractivity contribution in [1.29, 1.82) is 0 Å². The average Bonchev–Trinajstić information content (AvgIpc) is 3.15. The Labute approximate surface area is 224 Å². The van der Waals surface area contributed by atoms with Gasteiger partial charge in [0.2, 0.25) is 10.0 Å². The molecule has 3 aromatic rings. The van der Waals surface area contributed by atoms with E-state index in [9.17, 15) is 13.2 Å². The topological polar surface area (TPSA) is 130 Å². The molecule has 36 heavy (non-hydrogen) atoms. The number of aromatic nitrogens is 4. The fourth-order valence-electron chi connectivity index (χ4n) is 4.57. The molecule has 0 spiro atoms. The molecule has 0 atom stereocenters. The van der Waals surface area contributed by atoms with Crippen molar-refractivity contribution in [3.8, 4) is 17.1 Å². The molecule has 12 heteroatoms. The minimum atomic E-state index is -3.76. The van der Waals surface area contributed by atoms with E-state index in [0.717, 1.165) is 12.1 Å². The third-order valence-corrected chi connectivity index (χ3v) is 8.23. The second kappa shape index (κ2) is 11.9. The number of aromatic amines is 1. The Balaban J connectivity index is 0.00000361. The summed E-state index contributed by atoms with van der Waals surface area (Å²) in [5.74, 6) is 0.885. The molecule has 2 N–H and O–H groups in total. The molecule has 1 aliphatic heterocycles. The fourth-order valence-corrected chi connectivity index (χ4v) is 6.06. The first-order chi connectivity index (χ1) is 16.8. The fraction of sp³-hybridized carbons (Fsp3) is 0.500. The number of sulfonamides is 1. The normalized spacial score (nSPS) is 15.2. The van der Waals surface area contributed by atoms with Crippen molar-refractivity contribution in [3.05, 3.63) is 40.7 Å². The minimum Gasteiger partial charge on any atom is -0.493 e. The zero-order valence-corrected chi connectivity index (χ0v) is 24.0. The van der Waals surface area contributed by atoms with Crippen LogP contribution in [0.1, 0.15) is 38.8 Å². The van der Waals surface area contributed by atoms with Crippen LogP contribution in [0, 0.1) is 12.3 Å². The number of aliphatic hydroxyl groups excluding tert-OH is 1. The van der Waals surface area contributed by atoms with Crippen molar-refractivity contribution in [3.63, 3.8) is 0 Å². The number of hydrogen-bond donors (Lipinski definition) is 2. The Morgan fingerprint density at radius 3 is 2.61 bits per heavy atom. The third kappa shape index (κ3) is 5.57. The Morgan fingerprint density at radius 2 is 1.97 bits per heavy atom. The van der Waals surface area contributed by atoms with E-state index in [0.29, 0.717) is 61.3 Å². The number of aryl methyl sites for hydroxylation is 2. The van der Waals surface area contributed by atoms with Gasteiger partial charge in [0.1, 0.15) is 17.1 Å². The maximum Gasteiger partial charge on any atom is 1.00 e. The zero-order chi connectivity index (χ0) is 25.2. The molecule has 0 bridgehead atoms. The van der Waals surface area contributed by atoms with Gasteiger partial charge < -0.3 is 21.2 Å². The van der Waals surface area contributed by atoms with E-state index >= 15 is 0 Å². The molecular weight excluding hydrogens is 661 g/mol. The van der Waals surface area contributed by atoms with Crippen LogP contribution in [-0.2, 0) is 43.3 Å². The molecule has 1 fully saturated rings. The molecule has 1 saturated heterocycles. The van der Waals surface area contributed by atoms with E-state index < -0.39 is 10.0 Å². The van der Waals surface area contributed by atoms with Crippen LogP contribution >= 0.6 is 0 Å². The van der Waals surface area contributed by atoms with Crippen LogP contribution in [-0.4, -0.2) is 63.9 Å². The van der Waals surface area contributed by atoms with Gasteiger partial charge in [-0.15, -0.1) is 0 Å². The summed E-state index contributed by atoms with van der Waals surface area (Å²) in [6.07, 6.45) is 4.67. The quantitative estimate of drug-likeness (QED) is 0.329. The number of hydrogen-bond acceptors (Lipinski definition) is 7. The van der Waals surface area contributed by atoms with Gasteiger partial charge in [-0.3, -0.25) is 9.48 Å². The molecule has 1 aliphatic rings. The van der Waals surface area contributed by atoms with Crippen LogP contribution in [0.4, 0.5) is 0 Å². The van der Waals surface area contributed by atoms with Crippen LogP contribution in [0.3, 0.4) is 0 Å². The molecule has 197 valence electrons. The largest absolute Gasteiger partial charge is 1.00 e. The van der Waals surface area contributed by atoms with Gasteiger partial charge in [0.15, 0.2) is 5.52 Å². The zero-order valence-electron chi connectivity index (χ0n) is 20.7. The molecule has 3 heterocycles. The smallest absolute Gasteiger partial charge is 0.493 e. The molecule has 1 aromatic carbocycles. The van der Waals surface area contributed by atoms with E-state index in [-0.39, 0.29) is 48.6 Å². The number of rotatable bonds is 9. The van der Waals surface area contributed by atoms with Gasteiger partial charge in [-0.05, 0) is 31.5 Å². The van der Waals surface area contributed by atoms with Crippen molar-refractivity contribution >= 4 is 21.1 Å². The van der Waals surface area contributed by atoms with Crippen LogP contribution < -0.4 is 10.3 Å². The Kier molecular flexibility index (Phi) is 9.44. The molecule has 0 unspecified atom stereocenters. The first kappa shape index (κ1) is 28.4. The number of ether oxygens (including phenoxy) is 1. The van der Waals surface area contributed by atoms with E-state index in [1.165, 1.54) is 21.1 Å². The number of nitrogens with one attached hydrogen (secondary N) is 1. The average molecular weight is 693 g/mol. The summed E-state index contributed by atoms with van der Waals surface area (Å²) in [5, 5.41) is 13.6. The summed E-state index contributed by atoms with van der Waals surface area (Å²) >= 11 is 0. The van der Waals surface area contributed by atoms with E-state index in [1.54, 1.807) is 13.1 Å². The van der Waals surface area contributed by atoms with Gasteiger partial charge >= 0.3 is 19.8 Å². The molecular formula is C24H32N5O5OsS. The monoisotopic (exact) mass is 694 g/mol. The number of benzene rings is 1. The van der Waals surface area contributed by atoms with Gasteiger partial charge in [0.05, 0.1) is 22.8 Å². The van der Waals surface area contributed by atoms with Crippen LogP contribution in [0.2, 0.25) is 0 Å². The molecule has 0 aliphatic carbocycles. The predicted molar refractivity (Wildman–Crippen MR) is 133 cm³/mol. The number of aliphatic hydroxyl groups is 1. The third-order valence-electron chi connectivity index (χ3n) is 6.33. The van der Waals surface area contributed by atoms with Gasteiger partial charge in [-0.2, -0.15) is 15.3 Å². The van der Waals surface area contributed by atoms with Crippen molar-refractivity contribution in [2.24, 2.45) is 13.0 Å². The van der Waals surface area contributed by atoms with E-state index in [2.05, 4.69) is 10.1 Å². The molecule has 2 aromatic heterocycles.